The zero-order chi connectivity index (χ0) is 15.5. The van der Waals surface area contributed by atoms with Gasteiger partial charge >= 0.3 is 5.97 Å². The van der Waals surface area contributed by atoms with Crippen molar-refractivity contribution in [3.05, 3.63) is 17.7 Å². The Bertz CT molecular complexity index is 609. The molecule has 0 aliphatic rings. The average Bonchev–Trinajstić information content (AvgIpc) is 2.34. The Hall–Kier alpha value is -1.80. The van der Waals surface area contributed by atoms with Gasteiger partial charge in [0, 0.05) is 0 Å². The lowest BCUT2D eigenvalue weighted by atomic mass is 10.2. The number of esters is 1. The molecule has 0 bridgehead atoms. The lowest BCUT2D eigenvalue weighted by Gasteiger charge is -2.14. The van der Waals surface area contributed by atoms with Crippen molar-refractivity contribution in [2.24, 2.45) is 5.14 Å². The molecule has 2 N–H and O–H groups in total. The maximum Gasteiger partial charge on any atom is 0.338 e. The maximum absolute atomic E-state index is 11.8. The summed E-state index contributed by atoms with van der Waals surface area (Å²) in [6.07, 6.45) is -0.339. The van der Waals surface area contributed by atoms with Gasteiger partial charge in [-0.05, 0) is 26.0 Å². The summed E-state index contributed by atoms with van der Waals surface area (Å²) in [5.74, 6) is -0.656. The van der Waals surface area contributed by atoms with Gasteiger partial charge in [-0.1, -0.05) is 0 Å². The van der Waals surface area contributed by atoms with Gasteiger partial charge in [0.05, 0.1) is 25.9 Å². The highest BCUT2D eigenvalue weighted by molar-refractivity contribution is 7.89. The third-order valence-electron chi connectivity index (χ3n) is 2.33. The largest absolute Gasteiger partial charge is 0.493 e. The van der Waals surface area contributed by atoms with Gasteiger partial charge in [-0.25, -0.2) is 18.4 Å². The Labute approximate surface area is 117 Å². The van der Waals surface area contributed by atoms with E-state index in [0.29, 0.717) is 0 Å². The zero-order valence-corrected chi connectivity index (χ0v) is 12.5. The minimum atomic E-state index is -4.08. The van der Waals surface area contributed by atoms with Crippen LogP contribution in [0.25, 0.3) is 0 Å². The van der Waals surface area contributed by atoms with E-state index >= 15 is 0 Å². The Kier molecular flexibility index (Phi) is 4.96. The van der Waals surface area contributed by atoms with Crippen molar-refractivity contribution in [2.45, 2.75) is 24.8 Å². The zero-order valence-electron chi connectivity index (χ0n) is 11.7. The quantitative estimate of drug-likeness (QED) is 0.811. The SMILES string of the molecule is COc1cc(C(=O)OC(C)C)cc(S(N)(=O)=O)c1OC. The number of sulfonamides is 1. The van der Waals surface area contributed by atoms with Crippen LogP contribution in [-0.2, 0) is 14.8 Å². The first-order valence-corrected chi connectivity index (χ1v) is 7.25. The summed E-state index contributed by atoms with van der Waals surface area (Å²) in [6.45, 7) is 3.36. The fourth-order valence-corrected chi connectivity index (χ4v) is 2.27. The van der Waals surface area contributed by atoms with Gasteiger partial charge in [-0.3, -0.25) is 0 Å². The molecule has 0 unspecified atom stereocenters. The van der Waals surface area contributed by atoms with Crippen LogP contribution in [0.5, 0.6) is 11.5 Å². The molecule has 0 aliphatic heterocycles. The van der Waals surface area contributed by atoms with E-state index in [1.54, 1.807) is 13.8 Å². The number of methoxy groups -OCH3 is 2. The Morgan fingerprint density at radius 3 is 2.20 bits per heavy atom. The molecule has 0 atom stereocenters. The molecule has 112 valence electrons. The van der Waals surface area contributed by atoms with E-state index in [1.807, 2.05) is 0 Å². The first-order valence-electron chi connectivity index (χ1n) is 5.70. The van der Waals surface area contributed by atoms with E-state index < -0.39 is 16.0 Å². The van der Waals surface area contributed by atoms with Crippen molar-refractivity contribution < 1.29 is 27.4 Å². The van der Waals surface area contributed by atoms with Crippen molar-refractivity contribution in [1.82, 2.24) is 0 Å². The second-order valence-electron chi connectivity index (χ2n) is 4.21. The molecule has 0 heterocycles. The summed E-state index contributed by atoms with van der Waals surface area (Å²) in [6, 6.07) is 2.43. The van der Waals surface area contributed by atoms with Gasteiger partial charge in [0.25, 0.3) is 0 Å². The summed E-state index contributed by atoms with van der Waals surface area (Å²) in [7, 11) is -1.48. The van der Waals surface area contributed by atoms with Crippen molar-refractivity contribution in [2.75, 3.05) is 14.2 Å². The van der Waals surface area contributed by atoms with Gasteiger partial charge in [-0.2, -0.15) is 0 Å². The van der Waals surface area contributed by atoms with Crippen LogP contribution in [0.15, 0.2) is 17.0 Å². The lowest BCUT2D eigenvalue weighted by molar-refractivity contribution is 0.0377. The molecule has 8 heteroatoms. The summed E-state index contributed by atoms with van der Waals surface area (Å²) in [4.78, 5) is 11.5. The highest BCUT2D eigenvalue weighted by atomic mass is 32.2. The van der Waals surface area contributed by atoms with Gasteiger partial charge in [0.2, 0.25) is 10.0 Å². The second kappa shape index (κ2) is 6.10. The number of hydrogen-bond donors (Lipinski definition) is 1. The number of carbonyl (C=O) groups is 1. The fraction of sp³-hybridized carbons (Fsp3) is 0.417. The van der Waals surface area contributed by atoms with Gasteiger partial charge in [-0.15, -0.1) is 0 Å². The van der Waals surface area contributed by atoms with Gasteiger partial charge < -0.3 is 14.2 Å². The van der Waals surface area contributed by atoms with E-state index in [-0.39, 0.29) is 28.1 Å². The van der Waals surface area contributed by atoms with Crippen LogP contribution in [0, 0.1) is 0 Å². The highest BCUT2D eigenvalue weighted by Gasteiger charge is 2.23. The second-order valence-corrected chi connectivity index (χ2v) is 5.74. The van der Waals surface area contributed by atoms with Crippen LogP contribution in [0.2, 0.25) is 0 Å². The van der Waals surface area contributed by atoms with Gasteiger partial charge in [0.1, 0.15) is 4.90 Å². The normalized spacial score (nSPS) is 11.3. The topological polar surface area (TPSA) is 105 Å². The molecule has 0 saturated heterocycles. The number of ether oxygens (including phenoxy) is 3. The molecular weight excluding hydrogens is 286 g/mol. The standard InChI is InChI=1S/C12H17NO6S/c1-7(2)19-12(14)8-5-9(17-3)11(18-4)10(6-8)20(13,15)16/h5-7H,1-4H3,(H2,13,15,16). The molecule has 1 aromatic carbocycles. The minimum absolute atomic E-state index is 0.0142. The van der Waals surface area contributed by atoms with Crippen LogP contribution in [0.4, 0.5) is 0 Å². The summed E-state index contributed by atoms with van der Waals surface area (Å²) in [5.41, 5.74) is 0.0142. The predicted molar refractivity (Wildman–Crippen MR) is 71.5 cm³/mol. The predicted octanol–water partition coefficient (Wildman–Crippen LogP) is 0.916. The molecule has 0 fully saturated rings. The van der Waals surface area contributed by atoms with Crippen LogP contribution < -0.4 is 14.6 Å². The van der Waals surface area contributed by atoms with Crippen molar-refractivity contribution >= 4 is 16.0 Å². The molecule has 0 radical (unpaired) electrons. The number of carbonyl (C=O) groups excluding carboxylic acids is 1. The molecule has 1 aromatic rings. The summed E-state index contributed by atoms with van der Waals surface area (Å²) < 4.78 is 38.1. The molecule has 20 heavy (non-hydrogen) atoms. The van der Waals surface area contributed by atoms with Crippen molar-refractivity contribution in [1.29, 1.82) is 0 Å². The Morgan fingerprint density at radius 2 is 1.80 bits per heavy atom. The van der Waals surface area contributed by atoms with E-state index in [2.05, 4.69) is 0 Å². The van der Waals surface area contributed by atoms with E-state index in [0.717, 1.165) is 6.07 Å². The molecule has 1 rings (SSSR count). The van der Waals surface area contributed by atoms with Crippen LogP contribution in [0.3, 0.4) is 0 Å². The third kappa shape index (κ3) is 3.61. The minimum Gasteiger partial charge on any atom is -0.493 e. The first kappa shape index (κ1) is 16.3. The number of benzene rings is 1. The van der Waals surface area contributed by atoms with Crippen LogP contribution in [0.1, 0.15) is 24.2 Å². The van der Waals surface area contributed by atoms with Crippen LogP contribution >= 0.6 is 0 Å². The summed E-state index contributed by atoms with van der Waals surface area (Å²) >= 11 is 0. The van der Waals surface area contributed by atoms with Crippen molar-refractivity contribution in [3.8, 4) is 11.5 Å². The van der Waals surface area contributed by atoms with Gasteiger partial charge in [0.15, 0.2) is 11.5 Å². The van der Waals surface area contributed by atoms with Crippen LogP contribution in [-0.4, -0.2) is 34.7 Å². The first-order chi connectivity index (χ1) is 9.20. The molecule has 0 amide bonds. The van der Waals surface area contributed by atoms with E-state index in [4.69, 9.17) is 19.3 Å². The molecular formula is C12H17NO6S. The number of rotatable bonds is 5. The smallest absolute Gasteiger partial charge is 0.338 e. The Balaban J connectivity index is 3.47. The van der Waals surface area contributed by atoms with E-state index in [1.165, 1.54) is 20.3 Å². The van der Waals surface area contributed by atoms with Crippen molar-refractivity contribution in [3.63, 3.8) is 0 Å². The number of hydrogen-bond acceptors (Lipinski definition) is 6. The van der Waals surface area contributed by atoms with E-state index in [9.17, 15) is 13.2 Å². The third-order valence-corrected chi connectivity index (χ3v) is 3.25. The molecule has 7 nitrogen and oxygen atoms in total. The fourth-order valence-electron chi connectivity index (χ4n) is 1.54. The molecule has 0 aliphatic carbocycles. The summed E-state index contributed by atoms with van der Waals surface area (Å²) in [5, 5.41) is 5.11. The average molecular weight is 303 g/mol. The molecule has 0 spiro atoms. The Morgan fingerprint density at radius 1 is 1.20 bits per heavy atom. The monoisotopic (exact) mass is 303 g/mol. The highest BCUT2D eigenvalue weighted by Crippen LogP contribution is 2.35. The maximum atomic E-state index is 11.8. The lowest BCUT2D eigenvalue weighted by Crippen LogP contribution is -2.17. The number of primary sulfonamides is 1. The molecule has 0 aromatic heterocycles. The number of nitrogens with two attached hydrogens (primary N) is 1. The molecule has 0 saturated carbocycles.